The Morgan fingerprint density at radius 2 is 2.04 bits per heavy atom. The van der Waals surface area contributed by atoms with Crippen LogP contribution in [-0.2, 0) is 12.2 Å². The van der Waals surface area contributed by atoms with E-state index in [9.17, 15) is 0 Å². The Labute approximate surface area is 163 Å². The quantitative estimate of drug-likeness (QED) is 0.364. The van der Waals surface area contributed by atoms with E-state index in [-0.39, 0.29) is 0 Å². The van der Waals surface area contributed by atoms with Crippen LogP contribution in [0.2, 0.25) is 5.02 Å². The Bertz CT molecular complexity index is 860. The molecule has 0 aliphatic heterocycles. The third-order valence-corrected chi connectivity index (χ3v) is 4.99. The average Bonchev–Trinajstić information content (AvgIpc) is 3.19. The van der Waals surface area contributed by atoms with Crippen LogP contribution in [0.3, 0.4) is 0 Å². The minimum Gasteiger partial charge on any atom is -0.448 e. The van der Waals surface area contributed by atoms with Crippen LogP contribution in [0.4, 0.5) is 0 Å². The van der Waals surface area contributed by atoms with E-state index in [0.29, 0.717) is 10.4 Å². The Hall–Kier alpha value is -1.57. The van der Waals surface area contributed by atoms with Gasteiger partial charge in [-0.3, -0.25) is 0 Å². The van der Waals surface area contributed by atoms with Gasteiger partial charge in [0.25, 0.3) is 0 Å². The van der Waals surface area contributed by atoms with E-state index < -0.39 is 0 Å². The van der Waals surface area contributed by atoms with E-state index >= 15 is 0 Å². The molecule has 0 saturated heterocycles. The lowest BCUT2D eigenvalue weighted by atomic mass is 10.2. The first kappa shape index (κ1) is 18.2. The molecular weight excluding hydrogens is 424 g/mol. The summed E-state index contributed by atoms with van der Waals surface area (Å²) in [5, 5.41) is 14.5. The third-order valence-electron chi connectivity index (χ3n) is 3.33. The number of hydrogen-bond acceptors (Lipinski definition) is 5. The summed E-state index contributed by atoms with van der Waals surface area (Å²) in [6, 6.07) is 11.5. The van der Waals surface area contributed by atoms with Gasteiger partial charge < -0.3 is 4.42 Å². The first-order valence-corrected chi connectivity index (χ1v) is 9.92. The number of aryl methyl sites for hydroxylation is 1. The van der Waals surface area contributed by atoms with E-state index in [1.54, 1.807) is 22.7 Å². The Kier molecular flexibility index (Phi) is 6.34. The van der Waals surface area contributed by atoms with Crippen molar-refractivity contribution in [3.8, 4) is 0 Å². The van der Waals surface area contributed by atoms with Crippen LogP contribution in [0.1, 0.15) is 30.5 Å². The highest BCUT2D eigenvalue weighted by Crippen LogP contribution is 2.23. The van der Waals surface area contributed by atoms with Gasteiger partial charge in [-0.05, 0) is 52.2 Å². The molecule has 0 fully saturated rings. The fourth-order valence-corrected chi connectivity index (χ4v) is 3.43. The van der Waals surface area contributed by atoms with Gasteiger partial charge in [0.1, 0.15) is 5.76 Å². The van der Waals surface area contributed by atoms with Crippen LogP contribution in [0, 0.1) is 0 Å². The molecule has 1 aromatic carbocycles. The largest absolute Gasteiger partial charge is 0.448 e. The van der Waals surface area contributed by atoms with Crippen LogP contribution < -0.4 is 0 Å². The smallest absolute Gasteiger partial charge is 0.212 e. The molecule has 0 N–H and O–H groups in total. The lowest BCUT2D eigenvalue weighted by molar-refractivity contribution is 0.533. The van der Waals surface area contributed by atoms with Gasteiger partial charge in [-0.25, -0.2) is 0 Å². The third kappa shape index (κ3) is 4.96. The number of rotatable bonds is 7. The number of furan rings is 1. The first-order valence-electron chi connectivity index (χ1n) is 7.77. The highest BCUT2D eigenvalue weighted by molar-refractivity contribution is 9.10. The molecule has 0 saturated carbocycles. The molecule has 0 unspecified atom stereocenters. The van der Waals surface area contributed by atoms with Crippen molar-refractivity contribution >= 4 is 45.5 Å². The maximum Gasteiger partial charge on any atom is 0.212 e. The molecule has 3 rings (SSSR count). The van der Waals surface area contributed by atoms with Crippen molar-refractivity contribution in [3.05, 3.63) is 63.2 Å². The summed E-state index contributed by atoms with van der Waals surface area (Å²) in [5.74, 6) is 2.27. The molecule has 0 atom stereocenters. The Morgan fingerprint density at radius 1 is 1.24 bits per heavy atom. The van der Waals surface area contributed by atoms with Crippen molar-refractivity contribution in [1.29, 1.82) is 0 Å². The van der Waals surface area contributed by atoms with Crippen molar-refractivity contribution in [2.24, 2.45) is 5.10 Å². The zero-order chi connectivity index (χ0) is 17.6. The zero-order valence-electron chi connectivity index (χ0n) is 13.5. The van der Waals surface area contributed by atoms with Gasteiger partial charge >= 0.3 is 0 Å². The molecule has 0 bridgehead atoms. The number of hydrogen-bond donors (Lipinski definition) is 0. The number of nitrogens with zero attached hydrogens (tertiary/aromatic N) is 4. The molecule has 25 heavy (non-hydrogen) atoms. The topological polar surface area (TPSA) is 56.2 Å². The summed E-state index contributed by atoms with van der Waals surface area (Å²) in [6.07, 6.45) is 3.45. The first-order chi connectivity index (χ1) is 12.2. The predicted molar refractivity (Wildman–Crippen MR) is 104 cm³/mol. The van der Waals surface area contributed by atoms with Crippen LogP contribution in [0.25, 0.3) is 0 Å². The molecule has 0 amide bonds. The predicted octanol–water partition coefficient (Wildman–Crippen LogP) is 5.41. The molecule has 2 heterocycles. The molecule has 5 nitrogen and oxygen atoms in total. The monoisotopic (exact) mass is 438 g/mol. The van der Waals surface area contributed by atoms with Gasteiger partial charge in [0.15, 0.2) is 10.5 Å². The molecule has 3 aromatic rings. The molecule has 0 aliphatic carbocycles. The normalized spacial score (nSPS) is 11.5. The zero-order valence-corrected chi connectivity index (χ0v) is 16.7. The second-order valence-corrected chi connectivity index (χ2v) is 7.42. The number of thioether (sulfide) groups is 1. The molecule has 0 aliphatic rings. The summed E-state index contributed by atoms with van der Waals surface area (Å²) >= 11 is 10.8. The van der Waals surface area contributed by atoms with Crippen LogP contribution in [0.15, 0.2) is 55.7 Å². The highest BCUT2D eigenvalue weighted by Gasteiger charge is 2.12. The molecule has 8 heteroatoms. The minimum atomic E-state index is 0.664. The summed E-state index contributed by atoms with van der Waals surface area (Å²) in [4.78, 5) is 0. The minimum absolute atomic E-state index is 0.664. The number of aromatic nitrogens is 3. The summed E-state index contributed by atoms with van der Waals surface area (Å²) < 4.78 is 7.90. The van der Waals surface area contributed by atoms with E-state index in [1.165, 1.54) is 5.56 Å². The standard InChI is InChI=1S/C17H16BrClN4OS/c1-2-3-16-21-22-17(25-11-12-4-6-13(19)7-5-12)23(16)20-10-14-8-9-15(18)24-14/h4-10H,2-3,11H2,1H3/b20-10+. The van der Waals surface area contributed by atoms with Crippen molar-refractivity contribution < 1.29 is 4.42 Å². The van der Waals surface area contributed by atoms with Gasteiger partial charge in [-0.15, -0.1) is 10.2 Å². The van der Waals surface area contributed by atoms with Crippen LogP contribution in [-0.4, -0.2) is 21.1 Å². The van der Waals surface area contributed by atoms with Crippen molar-refractivity contribution in [2.45, 2.75) is 30.7 Å². The van der Waals surface area contributed by atoms with Gasteiger partial charge in [-0.1, -0.05) is 42.4 Å². The van der Waals surface area contributed by atoms with E-state index in [1.807, 2.05) is 36.4 Å². The second kappa shape index (κ2) is 8.69. The summed E-state index contributed by atoms with van der Waals surface area (Å²) in [7, 11) is 0. The highest BCUT2D eigenvalue weighted by atomic mass is 79.9. The second-order valence-electron chi connectivity index (χ2n) is 5.26. The van der Waals surface area contributed by atoms with E-state index in [0.717, 1.165) is 34.6 Å². The van der Waals surface area contributed by atoms with Crippen molar-refractivity contribution in [1.82, 2.24) is 14.9 Å². The van der Waals surface area contributed by atoms with Crippen molar-refractivity contribution in [3.63, 3.8) is 0 Å². The van der Waals surface area contributed by atoms with Crippen LogP contribution in [0.5, 0.6) is 0 Å². The molecule has 0 radical (unpaired) electrons. The van der Waals surface area contributed by atoms with E-state index in [4.69, 9.17) is 16.0 Å². The Balaban J connectivity index is 1.78. The lowest BCUT2D eigenvalue weighted by Crippen LogP contribution is -2.00. The SMILES string of the molecule is CCCc1nnc(SCc2ccc(Cl)cc2)n1/N=C/c1ccc(Br)o1. The van der Waals surface area contributed by atoms with Gasteiger partial charge in [-0.2, -0.15) is 9.78 Å². The van der Waals surface area contributed by atoms with Gasteiger partial charge in [0, 0.05) is 17.2 Å². The summed E-state index contributed by atoms with van der Waals surface area (Å²) in [6.45, 7) is 2.10. The fraction of sp³-hybridized carbons (Fsp3) is 0.235. The maximum absolute atomic E-state index is 5.93. The maximum atomic E-state index is 5.93. The van der Waals surface area contributed by atoms with Crippen LogP contribution >= 0.6 is 39.3 Å². The van der Waals surface area contributed by atoms with Gasteiger partial charge in [0.05, 0.1) is 6.21 Å². The number of benzene rings is 1. The molecular formula is C17H16BrClN4OS. The van der Waals surface area contributed by atoms with E-state index in [2.05, 4.69) is 38.2 Å². The fourth-order valence-electron chi connectivity index (χ4n) is 2.12. The van der Waals surface area contributed by atoms with Crippen molar-refractivity contribution in [2.75, 3.05) is 0 Å². The number of halogens is 2. The molecule has 0 spiro atoms. The summed E-state index contributed by atoms with van der Waals surface area (Å²) in [5.41, 5.74) is 1.17. The molecule has 2 aromatic heterocycles. The molecule has 130 valence electrons. The Morgan fingerprint density at radius 3 is 2.72 bits per heavy atom. The lowest BCUT2D eigenvalue weighted by Gasteiger charge is -2.04. The average molecular weight is 440 g/mol. The van der Waals surface area contributed by atoms with Gasteiger partial charge in [0.2, 0.25) is 5.16 Å².